The molecule has 5 heteroatoms. The first-order chi connectivity index (χ1) is 13.6. The molecule has 1 amide bonds. The molecule has 1 aliphatic rings. The lowest BCUT2D eigenvalue weighted by Gasteiger charge is -2.35. The van der Waals surface area contributed by atoms with E-state index in [0.717, 1.165) is 37.1 Å². The zero-order valence-corrected chi connectivity index (χ0v) is 16.5. The van der Waals surface area contributed by atoms with Gasteiger partial charge in [0.1, 0.15) is 0 Å². The minimum absolute atomic E-state index is 0.00535. The molecule has 0 aliphatic carbocycles. The van der Waals surface area contributed by atoms with Crippen LogP contribution in [0, 0.1) is 5.92 Å². The minimum Gasteiger partial charge on any atom is -0.469 e. The van der Waals surface area contributed by atoms with Crippen LogP contribution in [0.5, 0.6) is 0 Å². The molecule has 1 saturated heterocycles. The Morgan fingerprint density at radius 3 is 1.93 bits per heavy atom. The van der Waals surface area contributed by atoms with E-state index in [0.29, 0.717) is 0 Å². The first-order valence-corrected chi connectivity index (χ1v) is 9.82. The highest BCUT2D eigenvalue weighted by atomic mass is 16.5. The number of methoxy groups -OCH3 is 1. The van der Waals surface area contributed by atoms with Crippen LogP contribution < -0.4 is 5.32 Å². The van der Waals surface area contributed by atoms with E-state index in [4.69, 9.17) is 4.74 Å². The number of benzene rings is 2. The summed E-state index contributed by atoms with van der Waals surface area (Å²) < 4.78 is 4.85. The van der Waals surface area contributed by atoms with Gasteiger partial charge in [0.05, 0.1) is 25.1 Å². The Hall–Kier alpha value is -2.66. The van der Waals surface area contributed by atoms with Crippen LogP contribution >= 0.6 is 0 Å². The molecule has 1 N–H and O–H groups in total. The van der Waals surface area contributed by atoms with Crippen molar-refractivity contribution < 1.29 is 14.3 Å². The molecule has 5 nitrogen and oxygen atoms in total. The molecular weight excluding hydrogens is 352 g/mol. The van der Waals surface area contributed by atoms with E-state index in [-0.39, 0.29) is 29.9 Å². The topological polar surface area (TPSA) is 58.6 Å². The molecule has 1 heterocycles. The molecule has 3 rings (SSSR count). The molecule has 0 saturated carbocycles. The van der Waals surface area contributed by atoms with Gasteiger partial charge < -0.3 is 10.1 Å². The summed E-state index contributed by atoms with van der Waals surface area (Å²) in [5.74, 6) is -0.211. The fourth-order valence-corrected chi connectivity index (χ4v) is 3.77. The molecule has 2 aromatic rings. The third-order valence-electron chi connectivity index (χ3n) is 5.54. The number of hydrogen-bond acceptors (Lipinski definition) is 4. The molecule has 0 radical (unpaired) electrons. The van der Waals surface area contributed by atoms with Gasteiger partial charge in [-0.2, -0.15) is 0 Å². The van der Waals surface area contributed by atoms with Crippen molar-refractivity contribution >= 4 is 11.9 Å². The smallest absolute Gasteiger partial charge is 0.308 e. The molecule has 1 fully saturated rings. The second-order valence-corrected chi connectivity index (χ2v) is 7.27. The van der Waals surface area contributed by atoms with Crippen LogP contribution in [0.3, 0.4) is 0 Å². The highest BCUT2D eigenvalue weighted by Gasteiger charge is 2.31. The number of hydrogen-bond donors (Lipinski definition) is 1. The van der Waals surface area contributed by atoms with Gasteiger partial charge in [-0.15, -0.1) is 0 Å². The molecule has 0 aromatic heterocycles. The van der Waals surface area contributed by atoms with Gasteiger partial charge in [0.2, 0.25) is 5.91 Å². The number of carbonyl (C=O) groups is 2. The average molecular weight is 380 g/mol. The van der Waals surface area contributed by atoms with E-state index >= 15 is 0 Å². The van der Waals surface area contributed by atoms with Gasteiger partial charge in [-0.25, -0.2) is 0 Å². The second kappa shape index (κ2) is 9.51. The van der Waals surface area contributed by atoms with Crippen molar-refractivity contribution in [3.8, 4) is 0 Å². The van der Waals surface area contributed by atoms with Crippen molar-refractivity contribution in [1.29, 1.82) is 0 Å². The maximum atomic E-state index is 13.0. The van der Waals surface area contributed by atoms with Crippen LogP contribution in [0.1, 0.15) is 36.9 Å². The summed E-state index contributed by atoms with van der Waals surface area (Å²) in [6, 6.07) is 19.6. The lowest BCUT2D eigenvalue weighted by Crippen LogP contribution is -2.49. The van der Waals surface area contributed by atoms with Gasteiger partial charge in [-0.05, 0) is 44.0 Å². The third kappa shape index (κ3) is 4.78. The first-order valence-electron chi connectivity index (χ1n) is 9.82. The predicted molar refractivity (Wildman–Crippen MR) is 109 cm³/mol. The van der Waals surface area contributed by atoms with Crippen molar-refractivity contribution in [1.82, 2.24) is 10.2 Å². The molecule has 28 heavy (non-hydrogen) atoms. The fourth-order valence-electron chi connectivity index (χ4n) is 3.77. The van der Waals surface area contributed by atoms with Crippen LogP contribution in [0.25, 0.3) is 0 Å². The van der Waals surface area contributed by atoms with E-state index < -0.39 is 0 Å². The van der Waals surface area contributed by atoms with E-state index in [9.17, 15) is 9.59 Å². The number of likely N-dealkylation sites (tertiary alicyclic amines) is 1. The number of esters is 1. The van der Waals surface area contributed by atoms with Crippen molar-refractivity contribution in [2.45, 2.75) is 31.8 Å². The number of rotatable bonds is 6. The van der Waals surface area contributed by atoms with Crippen LogP contribution in [0.15, 0.2) is 60.7 Å². The van der Waals surface area contributed by atoms with Gasteiger partial charge in [0.15, 0.2) is 0 Å². The van der Waals surface area contributed by atoms with Gasteiger partial charge in [-0.3, -0.25) is 14.5 Å². The van der Waals surface area contributed by atoms with E-state index in [1.165, 1.54) is 7.11 Å². The van der Waals surface area contributed by atoms with Crippen LogP contribution in [0.2, 0.25) is 0 Å². The number of ether oxygens (including phenoxy) is 1. The SMILES string of the molecule is COC(=O)C1CCN([C@H](C)C(=O)NC(c2ccccc2)c2ccccc2)CC1. The largest absolute Gasteiger partial charge is 0.469 e. The lowest BCUT2D eigenvalue weighted by molar-refractivity contribution is -0.147. The number of nitrogens with one attached hydrogen (secondary N) is 1. The summed E-state index contributed by atoms with van der Waals surface area (Å²) >= 11 is 0. The highest BCUT2D eigenvalue weighted by molar-refractivity contribution is 5.82. The van der Waals surface area contributed by atoms with E-state index in [1.54, 1.807) is 0 Å². The van der Waals surface area contributed by atoms with Crippen LogP contribution in [0.4, 0.5) is 0 Å². The summed E-state index contributed by atoms with van der Waals surface area (Å²) in [4.78, 5) is 26.9. The van der Waals surface area contributed by atoms with Gasteiger partial charge in [0.25, 0.3) is 0 Å². The van der Waals surface area contributed by atoms with Crippen LogP contribution in [-0.2, 0) is 14.3 Å². The monoisotopic (exact) mass is 380 g/mol. The van der Waals surface area contributed by atoms with Gasteiger partial charge >= 0.3 is 5.97 Å². The first kappa shape index (κ1) is 20.1. The lowest BCUT2D eigenvalue weighted by atomic mass is 9.95. The highest BCUT2D eigenvalue weighted by Crippen LogP contribution is 2.24. The Labute approximate surface area is 166 Å². The molecule has 1 atom stereocenters. The second-order valence-electron chi connectivity index (χ2n) is 7.27. The Kier molecular flexibility index (Phi) is 6.82. The Morgan fingerprint density at radius 1 is 0.964 bits per heavy atom. The molecule has 148 valence electrons. The van der Waals surface area contributed by atoms with Crippen molar-refractivity contribution in [2.24, 2.45) is 5.92 Å². The Morgan fingerprint density at radius 2 is 1.46 bits per heavy atom. The van der Waals surface area contributed by atoms with Crippen LogP contribution in [-0.4, -0.2) is 43.0 Å². The van der Waals surface area contributed by atoms with Crippen molar-refractivity contribution in [2.75, 3.05) is 20.2 Å². The van der Waals surface area contributed by atoms with Gasteiger partial charge in [-0.1, -0.05) is 60.7 Å². The summed E-state index contributed by atoms with van der Waals surface area (Å²) in [5, 5.41) is 3.22. The number of piperidine rings is 1. The Balaban J connectivity index is 1.68. The number of carbonyl (C=O) groups excluding carboxylic acids is 2. The summed E-state index contributed by atoms with van der Waals surface area (Å²) in [6.45, 7) is 3.37. The summed E-state index contributed by atoms with van der Waals surface area (Å²) in [5.41, 5.74) is 2.11. The summed E-state index contributed by atoms with van der Waals surface area (Å²) in [7, 11) is 1.43. The quantitative estimate of drug-likeness (QED) is 0.782. The normalized spacial score (nSPS) is 16.5. The van der Waals surface area contributed by atoms with E-state index in [1.807, 2.05) is 67.6 Å². The number of amides is 1. The van der Waals surface area contributed by atoms with E-state index in [2.05, 4.69) is 10.2 Å². The minimum atomic E-state index is -0.256. The zero-order chi connectivity index (χ0) is 19.9. The molecular formula is C23H28N2O3. The fraction of sp³-hybridized carbons (Fsp3) is 0.391. The summed E-state index contributed by atoms with van der Waals surface area (Å²) in [6.07, 6.45) is 1.45. The van der Waals surface area contributed by atoms with Gasteiger partial charge in [0, 0.05) is 0 Å². The maximum absolute atomic E-state index is 13.0. The molecule has 0 bridgehead atoms. The molecule has 0 spiro atoms. The molecule has 1 aliphatic heterocycles. The standard InChI is InChI=1S/C23H28N2O3/c1-17(25-15-13-20(14-16-25)23(27)28-2)22(26)24-21(18-9-5-3-6-10-18)19-11-7-4-8-12-19/h3-12,17,20-21H,13-16H2,1-2H3,(H,24,26)/t17-/m1/s1. The predicted octanol–water partition coefficient (Wildman–Crippen LogP) is 3.17. The number of nitrogens with zero attached hydrogens (tertiary/aromatic N) is 1. The maximum Gasteiger partial charge on any atom is 0.308 e. The Bertz CT molecular complexity index is 731. The average Bonchev–Trinajstić information content (AvgIpc) is 2.77. The zero-order valence-electron chi connectivity index (χ0n) is 16.5. The van der Waals surface area contributed by atoms with Crippen molar-refractivity contribution in [3.05, 3.63) is 71.8 Å². The van der Waals surface area contributed by atoms with Crippen molar-refractivity contribution in [3.63, 3.8) is 0 Å². The molecule has 0 unspecified atom stereocenters. The molecule has 2 aromatic carbocycles. The third-order valence-corrected chi connectivity index (χ3v) is 5.54.